The zero-order valence-corrected chi connectivity index (χ0v) is 12.3. The molecule has 1 aliphatic heterocycles. The van der Waals surface area contributed by atoms with E-state index in [9.17, 15) is 24.8 Å². The first-order valence-electron chi connectivity index (χ1n) is 5.93. The first kappa shape index (κ1) is 15.4. The Labute approximate surface area is 127 Å². The Bertz CT molecular complexity index is 612. The van der Waals surface area contributed by atoms with Crippen LogP contribution in [-0.2, 0) is 9.53 Å². The Morgan fingerprint density at radius 3 is 2.71 bits per heavy atom. The Kier molecular flexibility index (Phi) is 4.24. The summed E-state index contributed by atoms with van der Waals surface area (Å²) in [7, 11) is 0. The number of carbonyl (C=O) groups is 2. The number of nitrogens with one attached hydrogen (secondary N) is 1. The molecule has 1 saturated heterocycles. The predicted molar refractivity (Wildman–Crippen MR) is 74.1 cm³/mol. The standard InChI is InChI=1S/C12H11BrN2O6/c13-9-2-1-7(15(19)20)5-8(9)10(16)14-12(11(17)18)3-4-21-6-12/h1-2,5H,3-4,6H2,(H,14,16)(H,17,18). The van der Waals surface area contributed by atoms with Crippen LogP contribution >= 0.6 is 15.9 Å². The van der Waals surface area contributed by atoms with Crippen molar-refractivity contribution in [2.24, 2.45) is 0 Å². The Hall–Kier alpha value is -2.00. The maximum atomic E-state index is 12.2. The van der Waals surface area contributed by atoms with Crippen molar-refractivity contribution in [3.8, 4) is 0 Å². The van der Waals surface area contributed by atoms with Gasteiger partial charge >= 0.3 is 5.97 Å². The molecule has 0 saturated carbocycles. The molecule has 0 bridgehead atoms. The van der Waals surface area contributed by atoms with E-state index in [1.54, 1.807) is 0 Å². The number of amides is 1. The van der Waals surface area contributed by atoms with E-state index in [0.29, 0.717) is 4.47 Å². The molecule has 0 aliphatic carbocycles. The molecule has 112 valence electrons. The van der Waals surface area contributed by atoms with Gasteiger partial charge in [-0.05, 0) is 22.0 Å². The molecule has 9 heteroatoms. The molecule has 8 nitrogen and oxygen atoms in total. The third-order valence-electron chi connectivity index (χ3n) is 3.19. The van der Waals surface area contributed by atoms with Crippen molar-refractivity contribution in [2.45, 2.75) is 12.0 Å². The van der Waals surface area contributed by atoms with Gasteiger partial charge in [-0.1, -0.05) is 0 Å². The maximum absolute atomic E-state index is 12.2. The van der Waals surface area contributed by atoms with Crippen molar-refractivity contribution in [3.63, 3.8) is 0 Å². The van der Waals surface area contributed by atoms with Gasteiger partial charge in [0.1, 0.15) is 0 Å². The second-order valence-electron chi connectivity index (χ2n) is 4.57. The minimum atomic E-state index is -1.50. The number of nitro groups is 1. The minimum Gasteiger partial charge on any atom is -0.479 e. The lowest BCUT2D eigenvalue weighted by molar-refractivity contribution is -0.384. The Morgan fingerprint density at radius 1 is 1.48 bits per heavy atom. The van der Waals surface area contributed by atoms with Crippen LogP contribution in [0.2, 0.25) is 0 Å². The van der Waals surface area contributed by atoms with Crippen LogP contribution in [0.1, 0.15) is 16.8 Å². The Balaban J connectivity index is 2.30. The summed E-state index contributed by atoms with van der Waals surface area (Å²) < 4.78 is 5.37. The number of nitrogens with zero attached hydrogens (tertiary/aromatic N) is 1. The molecule has 1 fully saturated rings. The average Bonchev–Trinajstić information content (AvgIpc) is 2.88. The topological polar surface area (TPSA) is 119 Å². The quantitative estimate of drug-likeness (QED) is 0.618. The molecule has 1 heterocycles. The third kappa shape index (κ3) is 3.03. The van der Waals surface area contributed by atoms with Crippen LogP contribution < -0.4 is 5.32 Å². The molecule has 1 aromatic carbocycles. The van der Waals surface area contributed by atoms with Crippen molar-refractivity contribution in [1.82, 2.24) is 5.32 Å². The number of nitro benzene ring substituents is 1. The Morgan fingerprint density at radius 2 is 2.19 bits per heavy atom. The molecule has 1 unspecified atom stereocenters. The molecule has 21 heavy (non-hydrogen) atoms. The number of halogens is 1. The number of benzene rings is 1. The van der Waals surface area contributed by atoms with Crippen LogP contribution in [0, 0.1) is 10.1 Å². The molecule has 1 atom stereocenters. The van der Waals surface area contributed by atoms with E-state index in [1.807, 2.05) is 0 Å². The number of carbonyl (C=O) groups excluding carboxylic acids is 1. The molecule has 1 aliphatic rings. The number of ether oxygens (including phenoxy) is 1. The molecule has 0 radical (unpaired) electrons. The van der Waals surface area contributed by atoms with Gasteiger partial charge in [0.05, 0.1) is 17.1 Å². The number of rotatable bonds is 4. The summed E-state index contributed by atoms with van der Waals surface area (Å²) in [6.45, 7) is 0.0866. The van der Waals surface area contributed by atoms with Crippen molar-refractivity contribution >= 4 is 33.5 Å². The molecule has 2 rings (SSSR count). The van der Waals surface area contributed by atoms with Crippen LogP contribution in [-0.4, -0.2) is 40.7 Å². The van der Waals surface area contributed by atoms with E-state index in [-0.39, 0.29) is 30.9 Å². The predicted octanol–water partition coefficient (Wildman–Crippen LogP) is 1.33. The van der Waals surface area contributed by atoms with Gasteiger partial charge in [-0.25, -0.2) is 4.79 Å². The van der Waals surface area contributed by atoms with Crippen molar-refractivity contribution in [3.05, 3.63) is 38.3 Å². The SMILES string of the molecule is O=C(NC1(C(=O)O)CCOC1)c1cc([N+](=O)[O-])ccc1Br. The van der Waals surface area contributed by atoms with E-state index in [1.165, 1.54) is 12.1 Å². The molecular formula is C12H11BrN2O6. The number of carboxylic acids is 1. The summed E-state index contributed by atoms with van der Waals surface area (Å²) in [4.78, 5) is 33.7. The van der Waals surface area contributed by atoms with Crippen LogP contribution in [0.3, 0.4) is 0 Å². The van der Waals surface area contributed by atoms with Crippen LogP contribution in [0.25, 0.3) is 0 Å². The molecule has 0 spiro atoms. The largest absolute Gasteiger partial charge is 0.479 e. The second kappa shape index (κ2) is 5.78. The fourth-order valence-electron chi connectivity index (χ4n) is 1.97. The molecule has 1 aromatic rings. The summed E-state index contributed by atoms with van der Waals surface area (Å²) in [5.41, 5.74) is -1.76. The van der Waals surface area contributed by atoms with E-state index in [4.69, 9.17) is 4.74 Å². The fourth-order valence-corrected chi connectivity index (χ4v) is 2.40. The summed E-state index contributed by atoms with van der Waals surface area (Å²) >= 11 is 3.12. The van der Waals surface area contributed by atoms with E-state index in [0.717, 1.165) is 6.07 Å². The van der Waals surface area contributed by atoms with Crippen molar-refractivity contribution < 1.29 is 24.4 Å². The van der Waals surface area contributed by atoms with Crippen LogP contribution in [0.5, 0.6) is 0 Å². The third-order valence-corrected chi connectivity index (χ3v) is 3.88. The highest BCUT2D eigenvalue weighted by molar-refractivity contribution is 9.10. The smallest absolute Gasteiger partial charge is 0.331 e. The lowest BCUT2D eigenvalue weighted by atomic mass is 9.98. The van der Waals surface area contributed by atoms with Gasteiger partial charge in [0.25, 0.3) is 11.6 Å². The van der Waals surface area contributed by atoms with Gasteiger partial charge in [0.15, 0.2) is 5.54 Å². The van der Waals surface area contributed by atoms with Crippen LogP contribution in [0.15, 0.2) is 22.7 Å². The normalized spacial score (nSPS) is 21.0. The van der Waals surface area contributed by atoms with Gasteiger partial charge in [-0.15, -0.1) is 0 Å². The van der Waals surface area contributed by atoms with Gasteiger partial charge in [0, 0.05) is 29.6 Å². The number of hydrogen-bond donors (Lipinski definition) is 2. The van der Waals surface area contributed by atoms with E-state index < -0.39 is 22.3 Å². The zero-order chi connectivity index (χ0) is 15.6. The van der Waals surface area contributed by atoms with Crippen molar-refractivity contribution in [1.29, 1.82) is 0 Å². The first-order valence-corrected chi connectivity index (χ1v) is 6.73. The molecular weight excluding hydrogens is 348 g/mol. The van der Waals surface area contributed by atoms with Crippen LogP contribution in [0.4, 0.5) is 5.69 Å². The van der Waals surface area contributed by atoms with Gasteiger partial charge in [0.2, 0.25) is 0 Å². The van der Waals surface area contributed by atoms with Gasteiger partial charge in [-0.3, -0.25) is 14.9 Å². The number of non-ortho nitro benzene ring substituents is 1. The highest BCUT2D eigenvalue weighted by Gasteiger charge is 2.44. The highest BCUT2D eigenvalue weighted by atomic mass is 79.9. The monoisotopic (exact) mass is 358 g/mol. The zero-order valence-electron chi connectivity index (χ0n) is 10.7. The number of carboxylic acid groups (broad SMARTS) is 1. The molecule has 0 aromatic heterocycles. The minimum absolute atomic E-state index is 0.00303. The lowest BCUT2D eigenvalue weighted by Gasteiger charge is -2.23. The van der Waals surface area contributed by atoms with Crippen molar-refractivity contribution in [2.75, 3.05) is 13.2 Å². The summed E-state index contributed by atoms with van der Waals surface area (Å²) in [6, 6.07) is 3.70. The number of hydrogen-bond acceptors (Lipinski definition) is 5. The van der Waals surface area contributed by atoms with Gasteiger partial charge < -0.3 is 15.2 Å². The fraction of sp³-hybridized carbons (Fsp3) is 0.333. The van der Waals surface area contributed by atoms with Gasteiger partial charge in [-0.2, -0.15) is 0 Å². The maximum Gasteiger partial charge on any atom is 0.331 e. The molecule has 1 amide bonds. The highest BCUT2D eigenvalue weighted by Crippen LogP contribution is 2.25. The first-order chi connectivity index (χ1) is 9.85. The van der Waals surface area contributed by atoms with E-state index in [2.05, 4.69) is 21.2 Å². The summed E-state index contributed by atoms with van der Waals surface area (Å²) in [5, 5.41) is 22.4. The average molecular weight is 359 g/mol. The summed E-state index contributed by atoms with van der Waals surface area (Å²) in [6.07, 6.45) is 0.140. The lowest BCUT2D eigenvalue weighted by Crippen LogP contribution is -2.55. The number of aliphatic carboxylic acids is 1. The van der Waals surface area contributed by atoms with E-state index >= 15 is 0 Å². The summed E-state index contributed by atoms with van der Waals surface area (Å²) in [5.74, 6) is -1.91. The molecule has 2 N–H and O–H groups in total. The second-order valence-corrected chi connectivity index (χ2v) is 5.42.